The summed E-state index contributed by atoms with van der Waals surface area (Å²) in [5, 5.41) is 4.98. The highest BCUT2D eigenvalue weighted by Gasteiger charge is 2.33. The lowest BCUT2D eigenvalue weighted by atomic mass is 10.1. The molecule has 100 valence electrons. The molecule has 0 bridgehead atoms. The zero-order chi connectivity index (χ0) is 13.1. The summed E-state index contributed by atoms with van der Waals surface area (Å²) in [6.45, 7) is 4.15. The molecule has 1 fully saturated rings. The quantitative estimate of drug-likeness (QED) is 0.883. The monoisotopic (exact) mass is 331 g/mol. The number of nitrogens with two attached hydrogens (primary N) is 1. The van der Waals surface area contributed by atoms with Crippen LogP contribution < -0.4 is 11.1 Å². The summed E-state index contributed by atoms with van der Waals surface area (Å²) in [5.74, 6) is 0.123. The minimum atomic E-state index is -0.0619. The van der Waals surface area contributed by atoms with Crippen LogP contribution in [-0.2, 0) is 4.79 Å². The molecule has 0 radical (unpaired) electrons. The van der Waals surface area contributed by atoms with Crippen LogP contribution in [0.1, 0.15) is 24.3 Å². The fraction of sp³-hybridized carbons (Fsp3) is 0.583. The highest BCUT2D eigenvalue weighted by atomic mass is 79.9. The fourth-order valence-electron chi connectivity index (χ4n) is 2.44. The van der Waals surface area contributed by atoms with E-state index in [2.05, 4.69) is 37.6 Å². The Hall–Kier alpha value is -0.430. The minimum Gasteiger partial charge on any atom is -0.353 e. The van der Waals surface area contributed by atoms with Gasteiger partial charge in [-0.1, -0.05) is 6.92 Å². The summed E-state index contributed by atoms with van der Waals surface area (Å²) in [6.07, 6.45) is 0.814. The topological polar surface area (TPSA) is 58.4 Å². The van der Waals surface area contributed by atoms with E-state index in [1.807, 2.05) is 6.92 Å². The molecule has 0 aromatic carbocycles. The molecule has 4 nitrogen and oxygen atoms in total. The lowest BCUT2D eigenvalue weighted by Crippen LogP contribution is -2.56. The maximum Gasteiger partial charge on any atom is 0.237 e. The van der Waals surface area contributed by atoms with E-state index in [1.54, 1.807) is 11.3 Å². The van der Waals surface area contributed by atoms with Crippen LogP contribution in [0.2, 0.25) is 0 Å². The third-order valence-corrected chi connectivity index (χ3v) is 5.09. The van der Waals surface area contributed by atoms with E-state index in [9.17, 15) is 4.79 Å². The molecule has 0 aliphatic carbocycles. The molecule has 1 amide bonds. The van der Waals surface area contributed by atoms with Crippen molar-refractivity contribution in [2.75, 3.05) is 19.6 Å². The van der Waals surface area contributed by atoms with E-state index in [1.165, 1.54) is 4.88 Å². The zero-order valence-corrected chi connectivity index (χ0v) is 12.8. The highest BCUT2D eigenvalue weighted by Crippen LogP contribution is 2.31. The first-order valence-corrected chi connectivity index (χ1v) is 7.82. The van der Waals surface area contributed by atoms with Crippen molar-refractivity contribution in [3.63, 3.8) is 0 Å². The van der Waals surface area contributed by atoms with E-state index in [4.69, 9.17) is 5.73 Å². The van der Waals surface area contributed by atoms with Crippen molar-refractivity contribution < 1.29 is 4.79 Å². The smallest absolute Gasteiger partial charge is 0.237 e. The normalized spacial score (nSPS) is 22.8. The van der Waals surface area contributed by atoms with Gasteiger partial charge in [0.25, 0.3) is 0 Å². The summed E-state index contributed by atoms with van der Waals surface area (Å²) in [4.78, 5) is 15.3. The molecular formula is C12H18BrN3OS. The van der Waals surface area contributed by atoms with Gasteiger partial charge in [0, 0.05) is 34.4 Å². The largest absolute Gasteiger partial charge is 0.353 e. The van der Waals surface area contributed by atoms with Crippen molar-refractivity contribution in [2.45, 2.75) is 25.4 Å². The second kappa shape index (κ2) is 6.14. The molecule has 2 unspecified atom stereocenters. The number of hydrogen-bond donors (Lipinski definition) is 2. The fourth-order valence-corrected chi connectivity index (χ4v) is 4.02. The summed E-state index contributed by atoms with van der Waals surface area (Å²) in [5.41, 5.74) is 5.93. The number of thiophene rings is 1. The Bertz CT molecular complexity index is 423. The van der Waals surface area contributed by atoms with Crippen LogP contribution in [-0.4, -0.2) is 36.5 Å². The number of carbonyl (C=O) groups is 1. The summed E-state index contributed by atoms with van der Waals surface area (Å²) in [7, 11) is 0. The number of carbonyl (C=O) groups excluding carboxylic acids is 1. The van der Waals surface area contributed by atoms with Crippen LogP contribution >= 0.6 is 27.3 Å². The second-order valence-electron chi connectivity index (χ2n) is 4.37. The van der Waals surface area contributed by atoms with Crippen LogP contribution in [0.15, 0.2) is 15.9 Å². The van der Waals surface area contributed by atoms with Gasteiger partial charge in [-0.3, -0.25) is 9.69 Å². The molecule has 1 aromatic rings. The van der Waals surface area contributed by atoms with Crippen molar-refractivity contribution in [3.05, 3.63) is 20.8 Å². The van der Waals surface area contributed by atoms with Gasteiger partial charge in [-0.2, -0.15) is 0 Å². The van der Waals surface area contributed by atoms with Crippen LogP contribution in [0.3, 0.4) is 0 Å². The molecule has 2 heterocycles. The number of halogens is 1. The van der Waals surface area contributed by atoms with Crippen molar-refractivity contribution in [1.29, 1.82) is 0 Å². The van der Waals surface area contributed by atoms with E-state index in [0.29, 0.717) is 13.1 Å². The van der Waals surface area contributed by atoms with Gasteiger partial charge in [0.1, 0.15) is 0 Å². The lowest BCUT2D eigenvalue weighted by Gasteiger charge is -2.39. The number of piperazine rings is 1. The van der Waals surface area contributed by atoms with Crippen LogP contribution in [0, 0.1) is 0 Å². The molecule has 6 heteroatoms. The first kappa shape index (κ1) is 14.0. The number of amides is 1. The average molecular weight is 332 g/mol. The second-order valence-corrected chi connectivity index (χ2v) is 6.23. The molecular weight excluding hydrogens is 314 g/mol. The van der Waals surface area contributed by atoms with Crippen LogP contribution in [0.4, 0.5) is 0 Å². The molecule has 1 saturated heterocycles. The summed E-state index contributed by atoms with van der Waals surface area (Å²) in [6, 6.07) is 2.17. The van der Waals surface area contributed by atoms with E-state index >= 15 is 0 Å². The molecule has 2 atom stereocenters. The standard InChI is InChI=1S/C12H18BrN3OS/c1-2-9-12(17)15-3-4-16(9)10(6-14)11-5-8(13)7-18-11/h5,7,9-10H,2-4,6,14H2,1H3,(H,15,17). The maximum atomic E-state index is 11.9. The van der Waals surface area contributed by atoms with Gasteiger partial charge < -0.3 is 11.1 Å². The molecule has 1 aromatic heterocycles. The first-order chi connectivity index (χ1) is 8.67. The van der Waals surface area contributed by atoms with Gasteiger partial charge in [0.05, 0.1) is 12.1 Å². The Kier molecular flexibility index (Phi) is 4.77. The Balaban J connectivity index is 2.23. The van der Waals surface area contributed by atoms with Gasteiger partial charge >= 0.3 is 0 Å². The molecule has 0 spiro atoms. The SMILES string of the molecule is CCC1C(=O)NCCN1C(CN)c1cc(Br)cs1. The van der Waals surface area contributed by atoms with Crippen molar-refractivity contribution in [1.82, 2.24) is 10.2 Å². The molecule has 1 aliphatic rings. The number of hydrogen-bond acceptors (Lipinski definition) is 4. The third kappa shape index (κ3) is 2.77. The molecule has 3 N–H and O–H groups in total. The summed E-state index contributed by atoms with van der Waals surface area (Å²) >= 11 is 5.16. The number of rotatable bonds is 4. The Morgan fingerprint density at radius 3 is 3.06 bits per heavy atom. The van der Waals surface area contributed by atoms with Gasteiger partial charge in [0.2, 0.25) is 5.91 Å². The Morgan fingerprint density at radius 2 is 2.50 bits per heavy atom. The van der Waals surface area contributed by atoms with E-state index < -0.39 is 0 Å². The third-order valence-electron chi connectivity index (χ3n) is 3.30. The molecule has 2 rings (SSSR count). The van der Waals surface area contributed by atoms with E-state index in [0.717, 1.165) is 17.4 Å². The van der Waals surface area contributed by atoms with E-state index in [-0.39, 0.29) is 18.0 Å². The first-order valence-electron chi connectivity index (χ1n) is 6.14. The zero-order valence-electron chi connectivity index (χ0n) is 10.4. The maximum absolute atomic E-state index is 11.9. The molecule has 1 aliphatic heterocycles. The van der Waals surface area contributed by atoms with Crippen LogP contribution in [0.5, 0.6) is 0 Å². The predicted octanol–water partition coefficient (Wildman–Crippen LogP) is 1.72. The number of nitrogens with zero attached hydrogens (tertiary/aromatic N) is 1. The average Bonchev–Trinajstić information content (AvgIpc) is 2.77. The van der Waals surface area contributed by atoms with Crippen molar-refractivity contribution >= 4 is 33.2 Å². The lowest BCUT2D eigenvalue weighted by molar-refractivity contribution is -0.130. The highest BCUT2D eigenvalue weighted by molar-refractivity contribution is 9.10. The van der Waals surface area contributed by atoms with Gasteiger partial charge in [0.15, 0.2) is 0 Å². The van der Waals surface area contributed by atoms with Crippen molar-refractivity contribution in [3.8, 4) is 0 Å². The van der Waals surface area contributed by atoms with Crippen molar-refractivity contribution in [2.24, 2.45) is 5.73 Å². The predicted molar refractivity (Wildman–Crippen MR) is 77.6 cm³/mol. The summed E-state index contributed by atoms with van der Waals surface area (Å²) < 4.78 is 1.08. The minimum absolute atomic E-state index is 0.0619. The van der Waals surface area contributed by atoms with Gasteiger partial charge in [-0.05, 0) is 28.4 Å². The molecule has 18 heavy (non-hydrogen) atoms. The Morgan fingerprint density at radius 1 is 1.72 bits per heavy atom. The van der Waals surface area contributed by atoms with Gasteiger partial charge in [-0.15, -0.1) is 11.3 Å². The van der Waals surface area contributed by atoms with Crippen LogP contribution in [0.25, 0.3) is 0 Å². The Labute approximate surface area is 120 Å². The number of nitrogens with one attached hydrogen (secondary N) is 1. The van der Waals surface area contributed by atoms with Gasteiger partial charge in [-0.25, -0.2) is 0 Å². The molecule has 0 saturated carbocycles.